The van der Waals surface area contributed by atoms with Crippen LogP contribution in [0.5, 0.6) is 5.75 Å². The quantitative estimate of drug-likeness (QED) is 0.769. The summed E-state index contributed by atoms with van der Waals surface area (Å²) in [7, 11) is -3.78. The molecule has 10 heteroatoms. The minimum atomic E-state index is -3.78. The summed E-state index contributed by atoms with van der Waals surface area (Å²) in [5.74, 6) is -0.231. The van der Waals surface area contributed by atoms with Crippen LogP contribution in [-0.2, 0) is 24.3 Å². The maximum atomic E-state index is 13.1. The van der Waals surface area contributed by atoms with E-state index in [1.54, 1.807) is 11.0 Å². The van der Waals surface area contributed by atoms with Crippen LogP contribution < -0.4 is 10.1 Å². The largest absolute Gasteiger partial charge is 0.482 e. The Morgan fingerprint density at radius 1 is 1.18 bits per heavy atom. The molecule has 0 saturated carbocycles. The number of benzene rings is 1. The van der Waals surface area contributed by atoms with E-state index in [1.807, 2.05) is 0 Å². The Balaban J connectivity index is 1.51. The normalized spacial score (nSPS) is 23.5. The van der Waals surface area contributed by atoms with Gasteiger partial charge in [-0.15, -0.1) is 0 Å². The van der Waals surface area contributed by atoms with E-state index in [0.29, 0.717) is 57.1 Å². The molecule has 3 aliphatic heterocycles. The van der Waals surface area contributed by atoms with Gasteiger partial charge in [-0.2, -0.15) is 4.31 Å². The third-order valence-corrected chi connectivity index (χ3v) is 7.14. The molecule has 0 unspecified atom stereocenters. The lowest BCUT2D eigenvalue weighted by Gasteiger charge is -2.35. The van der Waals surface area contributed by atoms with Crippen molar-refractivity contribution in [3.8, 4) is 5.75 Å². The van der Waals surface area contributed by atoms with Gasteiger partial charge in [0.05, 0.1) is 29.7 Å². The summed E-state index contributed by atoms with van der Waals surface area (Å²) >= 11 is 0. The summed E-state index contributed by atoms with van der Waals surface area (Å²) in [5.41, 5.74) is 0.343. The van der Waals surface area contributed by atoms with Gasteiger partial charge in [0.1, 0.15) is 5.75 Å². The van der Waals surface area contributed by atoms with Gasteiger partial charge in [0.2, 0.25) is 15.9 Å². The van der Waals surface area contributed by atoms with Gasteiger partial charge >= 0.3 is 0 Å². The van der Waals surface area contributed by atoms with Gasteiger partial charge in [0.15, 0.2) is 6.61 Å². The summed E-state index contributed by atoms with van der Waals surface area (Å²) < 4.78 is 38.2. The summed E-state index contributed by atoms with van der Waals surface area (Å²) in [6.45, 7) is 2.58. The van der Waals surface area contributed by atoms with Crippen molar-refractivity contribution >= 4 is 27.5 Å². The Hall–Kier alpha value is -2.17. The van der Waals surface area contributed by atoms with Crippen LogP contribution in [0.3, 0.4) is 0 Å². The van der Waals surface area contributed by atoms with Crippen molar-refractivity contribution in [1.82, 2.24) is 9.21 Å². The minimum Gasteiger partial charge on any atom is -0.482 e. The van der Waals surface area contributed by atoms with E-state index in [2.05, 4.69) is 5.32 Å². The lowest BCUT2D eigenvalue weighted by Crippen LogP contribution is -2.49. The van der Waals surface area contributed by atoms with E-state index >= 15 is 0 Å². The van der Waals surface area contributed by atoms with Crippen molar-refractivity contribution in [1.29, 1.82) is 0 Å². The number of morpholine rings is 1. The van der Waals surface area contributed by atoms with E-state index < -0.39 is 10.0 Å². The number of carbonyl (C=O) groups excluding carboxylic acids is 2. The lowest BCUT2D eigenvalue weighted by molar-refractivity contribution is -0.140. The second-order valence-corrected chi connectivity index (χ2v) is 9.07. The van der Waals surface area contributed by atoms with Gasteiger partial charge in [-0.3, -0.25) is 9.59 Å². The van der Waals surface area contributed by atoms with Gasteiger partial charge in [0, 0.05) is 26.2 Å². The molecule has 2 saturated heterocycles. The summed E-state index contributed by atoms with van der Waals surface area (Å²) in [6, 6.07) is 4.43. The highest BCUT2D eigenvalue weighted by Crippen LogP contribution is 2.32. The fourth-order valence-corrected chi connectivity index (χ4v) is 5.33. The van der Waals surface area contributed by atoms with Crippen LogP contribution in [0.4, 0.5) is 5.69 Å². The molecule has 2 fully saturated rings. The number of nitrogens with one attached hydrogen (secondary N) is 1. The molecule has 152 valence electrons. The van der Waals surface area contributed by atoms with Crippen molar-refractivity contribution in [3.63, 3.8) is 0 Å². The molecule has 1 aromatic carbocycles. The van der Waals surface area contributed by atoms with Gasteiger partial charge in [-0.05, 0) is 31.0 Å². The first-order valence-corrected chi connectivity index (χ1v) is 10.8. The maximum absolute atomic E-state index is 13.1. The Morgan fingerprint density at radius 2 is 1.96 bits per heavy atom. The first-order valence-electron chi connectivity index (χ1n) is 9.38. The van der Waals surface area contributed by atoms with Crippen molar-refractivity contribution < 1.29 is 27.5 Å². The Labute approximate surface area is 163 Å². The van der Waals surface area contributed by atoms with Crippen LogP contribution in [0.2, 0.25) is 0 Å². The molecule has 1 aromatic rings. The van der Waals surface area contributed by atoms with Crippen LogP contribution in [0.25, 0.3) is 0 Å². The molecule has 0 bridgehead atoms. The molecule has 2 amide bonds. The molecule has 1 atom stereocenters. The molecule has 0 aliphatic carbocycles. The van der Waals surface area contributed by atoms with Crippen LogP contribution in [0.1, 0.15) is 12.8 Å². The number of nitrogens with zero attached hydrogens (tertiary/aromatic N) is 2. The number of piperidine rings is 1. The fraction of sp³-hybridized carbons (Fsp3) is 0.556. The molecule has 3 heterocycles. The summed E-state index contributed by atoms with van der Waals surface area (Å²) in [5, 5.41) is 2.63. The second-order valence-electron chi connectivity index (χ2n) is 7.13. The average molecular weight is 409 g/mol. The third-order valence-electron chi connectivity index (χ3n) is 5.28. The summed E-state index contributed by atoms with van der Waals surface area (Å²) in [6.07, 6.45) is 1.31. The van der Waals surface area contributed by atoms with Crippen molar-refractivity contribution in [3.05, 3.63) is 18.2 Å². The summed E-state index contributed by atoms with van der Waals surface area (Å²) in [4.78, 5) is 26.1. The fourth-order valence-electron chi connectivity index (χ4n) is 3.78. The highest BCUT2D eigenvalue weighted by Gasteiger charge is 2.36. The zero-order chi connectivity index (χ0) is 19.7. The predicted octanol–water partition coefficient (Wildman–Crippen LogP) is 0.277. The van der Waals surface area contributed by atoms with E-state index in [9.17, 15) is 18.0 Å². The Morgan fingerprint density at radius 3 is 2.75 bits per heavy atom. The number of hydrogen-bond donors (Lipinski definition) is 1. The van der Waals surface area contributed by atoms with E-state index in [4.69, 9.17) is 9.47 Å². The number of hydrogen-bond acceptors (Lipinski definition) is 6. The van der Waals surface area contributed by atoms with Gasteiger partial charge < -0.3 is 19.7 Å². The Bertz CT molecular complexity index is 881. The number of amides is 2. The average Bonchev–Trinajstić information content (AvgIpc) is 2.73. The zero-order valence-corrected chi connectivity index (χ0v) is 16.2. The third kappa shape index (κ3) is 3.71. The second kappa shape index (κ2) is 7.69. The van der Waals surface area contributed by atoms with Crippen molar-refractivity contribution in [2.75, 3.05) is 51.3 Å². The van der Waals surface area contributed by atoms with Gasteiger partial charge in [-0.1, -0.05) is 0 Å². The number of ether oxygens (including phenoxy) is 2. The lowest BCUT2D eigenvalue weighted by atomic mass is 9.98. The van der Waals surface area contributed by atoms with Crippen molar-refractivity contribution in [2.24, 2.45) is 5.92 Å². The smallest absolute Gasteiger partial charge is 0.262 e. The van der Waals surface area contributed by atoms with Gasteiger partial charge in [-0.25, -0.2) is 8.42 Å². The topological polar surface area (TPSA) is 105 Å². The Kier molecular flexibility index (Phi) is 5.26. The SMILES string of the molecule is O=C1COc2ccc(S(=O)(=O)N3CCC[C@@H](C(=O)N4CCOCC4)C3)cc2N1. The van der Waals surface area contributed by atoms with E-state index in [1.165, 1.54) is 16.4 Å². The predicted molar refractivity (Wildman–Crippen MR) is 99.4 cm³/mol. The first-order chi connectivity index (χ1) is 13.4. The van der Waals surface area contributed by atoms with Crippen LogP contribution in [-0.4, -0.2) is 75.4 Å². The van der Waals surface area contributed by atoms with Crippen molar-refractivity contribution in [2.45, 2.75) is 17.7 Å². The molecule has 3 aliphatic rings. The molecule has 0 aromatic heterocycles. The standard InChI is InChI=1S/C18H23N3O6S/c22-17-12-27-16-4-3-14(10-15(16)19-17)28(24,25)21-5-1-2-13(11-21)18(23)20-6-8-26-9-7-20/h3-4,10,13H,1-2,5-9,11-12H2,(H,19,22)/t13-/m1/s1. The highest BCUT2D eigenvalue weighted by molar-refractivity contribution is 7.89. The molecule has 0 spiro atoms. The minimum absolute atomic E-state index is 0.00527. The molecule has 0 radical (unpaired) electrons. The van der Waals surface area contributed by atoms with Gasteiger partial charge in [0.25, 0.3) is 5.91 Å². The molecular formula is C18H23N3O6S. The number of fused-ring (bicyclic) bond motifs is 1. The molecule has 1 N–H and O–H groups in total. The molecular weight excluding hydrogens is 386 g/mol. The number of anilines is 1. The van der Waals surface area contributed by atoms with Crippen LogP contribution in [0, 0.1) is 5.92 Å². The number of rotatable bonds is 3. The van der Waals surface area contributed by atoms with Crippen LogP contribution in [0.15, 0.2) is 23.1 Å². The van der Waals surface area contributed by atoms with Crippen LogP contribution >= 0.6 is 0 Å². The zero-order valence-electron chi connectivity index (χ0n) is 15.4. The monoisotopic (exact) mass is 409 g/mol. The number of sulfonamides is 1. The van der Waals surface area contributed by atoms with E-state index in [0.717, 1.165) is 0 Å². The number of carbonyl (C=O) groups is 2. The first kappa shape index (κ1) is 19.2. The maximum Gasteiger partial charge on any atom is 0.262 e. The van der Waals surface area contributed by atoms with E-state index in [-0.39, 0.29) is 35.8 Å². The molecule has 28 heavy (non-hydrogen) atoms. The highest BCUT2D eigenvalue weighted by atomic mass is 32.2. The molecule has 4 rings (SSSR count). The molecule has 9 nitrogen and oxygen atoms in total.